The van der Waals surface area contributed by atoms with Crippen LogP contribution in [0.5, 0.6) is 5.75 Å². The van der Waals surface area contributed by atoms with Gasteiger partial charge in [-0.2, -0.15) is 13.2 Å². The number of benzene rings is 1. The highest BCUT2D eigenvalue weighted by Crippen LogP contribution is 2.48. The Morgan fingerprint density at radius 3 is 2.45 bits per heavy atom. The van der Waals surface area contributed by atoms with Crippen molar-refractivity contribution in [3.8, 4) is 5.75 Å². The fraction of sp³-hybridized carbons (Fsp3) is 0.600. The van der Waals surface area contributed by atoms with Crippen molar-refractivity contribution >= 4 is 0 Å². The van der Waals surface area contributed by atoms with Crippen molar-refractivity contribution in [2.45, 2.75) is 51.4 Å². The Labute approximate surface area is 117 Å². The van der Waals surface area contributed by atoms with Crippen LogP contribution in [0.3, 0.4) is 0 Å². The van der Waals surface area contributed by atoms with Gasteiger partial charge in [-0.25, -0.2) is 0 Å². The van der Waals surface area contributed by atoms with Crippen molar-refractivity contribution in [1.82, 2.24) is 0 Å². The summed E-state index contributed by atoms with van der Waals surface area (Å²) >= 11 is 0. The standard InChI is InChI=1S/C15H20F3NO/c1-3-14(4-2)12(19)9-13(14)20-11-7-5-6-10(8-11)15(16,17)18/h5-8,12-13H,3-4,9,19H2,1-2H3. The molecule has 0 aromatic heterocycles. The molecule has 1 aliphatic carbocycles. The molecule has 5 heteroatoms. The lowest BCUT2D eigenvalue weighted by Crippen LogP contribution is -2.62. The first-order valence-electron chi connectivity index (χ1n) is 6.93. The van der Waals surface area contributed by atoms with Crippen molar-refractivity contribution in [2.24, 2.45) is 11.1 Å². The largest absolute Gasteiger partial charge is 0.490 e. The zero-order valence-corrected chi connectivity index (χ0v) is 11.7. The second kappa shape index (κ2) is 5.28. The van der Waals surface area contributed by atoms with Gasteiger partial charge in [-0.3, -0.25) is 0 Å². The van der Waals surface area contributed by atoms with Crippen LogP contribution in [0.25, 0.3) is 0 Å². The molecule has 2 N–H and O–H groups in total. The van der Waals surface area contributed by atoms with Crippen molar-refractivity contribution in [3.05, 3.63) is 29.8 Å². The maximum Gasteiger partial charge on any atom is 0.416 e. The molecule has 0 amide bonds. The van der Waals surface area contributed by atoms with Gasteiger partial charge in [0.25, 0.3) is 0 Å². The minimum absolute atomic E-state index is 0.0632. The normalized spacial score (nSPS) is 25.1. The average molecular weight is 287 g/mol. The van der Waals surface area contributed by atoms with Crippen LogP contribution in [0.4, 0.5) is 13.2 Å². The Bertz CT molecular complexity index is 468. The van der Waals surface area contributed by atoms with Gasteiger partial charge in [-0.05, 0) is 31.0 Å². The van der Waals surface area contributed by atoms with Gasteiger partial charge in [0.2, 0.25) is 0 Å². The summed E-state index contributed by atoms with van der Waals surface area (Å²) in [7, 11) is 0. The first kappa shape index (κ1) is 15.2. The molecule has 2 rings (SSSR count). The number of alkyl halides is 3. The summed E-state index contributed by atoms with van der Waals surface area (Å²) < 4.78 is 43.8. The van der Waals surface area contributed by atoms with E-state index in [0.29, 0.717) is 6.42 Å². The third kappa shape index (κ3) is 2.51. The Balaban J connectivity index is 2.15. The fourth-order valence-corrected chi connectivity index (χ4v) is 3.08. The number of hydrogen-bond acceptors (Lipinski definition) is 2. The van der Waals surface area contributed by atoms with E-state index in [9.17, 15) is 13.2 Å². The summed E-state index contributed by atoms with van der Waals surface area (Å²) in [6.45, 7) is 4.09. The molecular weight excluding hydrogens is 267 g/mol. The first-order chi connectivity index (χ1) is 9.33. The van der Waals surface area contributed by atoms with Gasteiger partial charge in [0, 0.05) is 17.9 Å². The van der Waals surface area contributed by atoms with Crippen molar-refractivity contribution in [1.29, 1.82) is 0 Å². The Morgan fingerprint density at radius 2 is 1.95 bits per heavy atom. The van der Waals surface area contributed by atoms with E-state index in [4.69, 9.17) is 10.5 Å². The quantitative estimate of drug-likeness (QED) is 0.908. The molecule has 0 aliphatic heterocycles. The molecule has 2 nitrogen and oxygen atoms in total. The van der Waals surface area contributed by atoms with Crippen molar-refractivity contribution in [2.75, 3.05) is 0 Å². The van der Waals surface area contributed by atoms with Crippen LogP contribution in [-0.2, 0) is 6.18 Å². The number of rotatable bonds is 4. The van der Waals surface area contributed by atoms with Gasteiger partial charge in [-0.1, -0.05) is 19.9 Å². The number of ether oxygens (including phenoxy) is 1. The van der Waals surface area contributed by atoms with Crippen LogP contribution in [0.2, 0.25) is 0 Å². The summed E-state index contributed by atoms with van der Waals surface area (Å²) in [6.07, 6.45) is -2.02. The molecule has 0 heterocycles. The lowest BCUT2D eigenvalue weighted by atomic mass is 9.59. The van der Waals surface area contributed by atoms with E-state index in [1.807, 2.05) is 13.8 Å². The third-order valence-electron chi connectivity index (χ3n) is 4.60. The van der Waals surface area contributed by atoms with E-state index >= 15 is 0 Å². The second-order valence-corrected chi connectivity index (χ2v) is 5.41. The molecule has 0 saturated heterocycles. The van der Waals surface area contributed by atoms with Crippen molar-refractivity contribution < 1.29 is 17.9 Å². The molecule has 0 bridgehead atoms. The third-order valence-corrected chi connectivity index (χ3v) is 4.60. The number of hydrogen-bond donors (Lipinski definition) is 1. The van der Waals surface area contributed by atoms with Gasteiger partial charge in [0.15, 0.2) is 0 Å². The topological polar surface area (TPSA) is 35.2 Å². The zero-order chi connectivity index (χ0) is 15.0. The highest BCUT2D eigenvalue weighted by molar-refractivity contribution is 5.31. The van der Waals surface area contributed by atoms with E-state index in [1.165, 1.54) is 6.07 Å². The van der Waals surface area contributed by atoms with Crippen LogP contribution < -0.4 is 10.5 Å². The van der Waals surface area contributed by atoms with Gasteiger partial charge >= 0.3 is 6.18 Å². The monoisotopic (exact) mass is 287 g/mol. The smallest absolute Gasteiger partial charge is 0.416 e. The molecule has 2 unspecified atom stereocenters. The van der Waals surface area contributed by atoms with Crippen LogP contribution in [0, 0.1) is 5.41 Å². The summed E-state index contributed by atoms with van der Waals surface area (Å²) in [5.74, 6) is 0.267. The van der Waals surface area contributed by atoms with Gasteiger partial charge in [0.1, 0.15) is 11.9 Å². The predicted molar refractivity (Wildman–Crippen MR) is 71.5 cm³/mol. The lowest BCUT2D eigenvalue weighted by Gasteiger charge is -2.53. The van der Waals surface area contributed by atoms with Crippen LogP contribution in [0.15, 0.2) is 24.3 Å². The van der Waals surface area contributed by atoms with E-state index < -0.39 is 11.7 Å². The minimum Gasteiger partial charge on any atom is -0.490 e. The summed E-state index contributed by atoms with van der Waals surface area (Å²) in [6, 6.07) is 5.10. The Hall–Kier alpha value is -1.23. The molecule has 1 fully saturated rings. The molecular formula is C15H20F3NO. The molecule has 0 radical (unpaired) electrons. The molecule has 2 atom stereocenters. The second-order valence-electron chi connectivity index (χ2n) is 5.41. The van der Waals surface area contributed by atoms with Gasteiger partial charge < -0.3 is 10.5 Å². The summed E-state index contributed by atoms with van der Waals surface area (Å²) in [5.41, 5.74) is 5.26. The van der Waals surface area contributed by atoms with Crippen molar-refractivity contribution in [3.63, 3.8) is 0 Å². The fourth-order valence-electron chi connectivity index (χ4n) is 3.08. The first-order valence-corrected chi connectivity index (χ1v) is 6.93. The van der Waals surface area contributed by atoms with E-state index in [-0.39, 0.29) is 23.3 Å². The van der Waals surface area contributed by atoms with Crippen LogP contribution in [0.1, 0.15) is 38.7 Å². The predicted octanol–water partition coefficient (Wildman–Crippen LogP) is 3.99. The molecule has 1 aliphatic rings. The van der Waals surface area contributed by atoms with Gasteiger partial charge in [-0.15, -0.1) is 0 Å². The average Bonchev–Trinajstić information content (AvgIpc) is 2.39. The SMILES string of the molecule is CCC1(CC)C(N)CC1Oc1cccc(C(F)(F)F)c1. The van der Waals surface area contributed by atoms with E-state index in [1.54, 1.807) is 6.07 Å². The van der Waals surface area contributed by atoms with Gasteiger partial charge in [0.05, 0.1) is 5.56 Å². The molecule has 112 valence electrons. The molecule has 1 saturated carbocycles. The summed E-state index contributed by atoms with van der Waals surface area (Å²) in [4.78, 5) is 0. The molecule has 1 aromatic rings. The highest BCUT2D eigenvalue weighted by Gasteiger charge is 2.52. The maximum atomic E-state index is 12.7. The number of nitrogens with two attached hydrogens (primary N) is 1. The van der Waals surface area contributed by atoms with E-state index in [2.05, 4.69) is 0 Å². The van der Waals surface area contributed by atoms with E-state index in [0.717, 1.165) is 25.0 Å². The highest BCUT2D eigenvalue weighted by atomic mass is 19.4. The molecule has 1 aromatic carbocycles. The number of halogens is 3. The summed E-state index contributed by atoms with van der Waals surface area (Å²) in [5, 5.41) is 0. The minimum atomic E-state index is -4.35. The van der Waals surface area contributed by atoms with Crippen LogP contribution >= 0.6 is 0 Å². The Kier molecular flexibility index (Phi) is 4.00. The lowest BCUT2D eigenvalue weighted by molar-refractivity contribution is -0.138. The maximum absolute atomic E-state index is 12.7. The molecule has 20 heavy (non-hydrogen) atoms. The van der Waals surface area contributed by atoms with Crippen LogP contribution in [-0.4, -0.2) is 12.1 Å². The zero-order valence-electron chi connectivity index (χ0n) is 11.7. The Morgan fingerprint density at radius 1 is 1.30 bits per heavy atom. The molecule has 0 spiro atoms.